The summed E-state index contributed by atoms with van der Waals surface area (Å²) in [7, 11) is -3.54. The molecule has 1 aliphatic rings. The summed E-state index contributed by atoms with van der Waals surface area (Å²) in [5, 5.41) is 0.132. The van der Waals surface area contributed by atoms with E-state index in [2.05, 4.69) is 9.97 Å². The van der Waals surface area contributed by atoms with Gasteiger partial charge >= 0.3 is 0 Å². The quantitative estimate of drug-likeness (QED) is 0.809. The van der Waals surface area contributed by atoms with Gasteiger partial charge in [0, 0.05) is 18.8 Å². The number of hydrogen-bond donors (Lipinski definition) is 2. The number of aromatic nitrogens is 2. The highest BCUT2D eigenvalue weighted by atomic mass is 32.2. The number of nitrogens with one attached hydrogen (secondary N) is 1. The Labute approximate surface area is 117 Å². The number of imidazole rings is 1. The third-order valence-corrected chi connectivity index (χ3v) is 5.33. The van der Waals surface area contributed by atoms with Crippen LogP contribution >= 0.6 is 0 Å². The fourth-order valence-corrected chi connectivity index (χ4v) is 3.83. The highest BCUT2D eigenvalue weighted by Crippen LogP contribution is 2.27. The summed E-state index contributed by atoms with van der Waals surface area (Å²) in [5.41, 5.74) is 8.61. The molecule has 106 valence electrons. The zero-order valence-electron chi connectivity index (χ0n) is 11.1. The second kappa shape index (κ2) is 4.60. The van der Waals surface area contributed by atoms with Crippen LogP contribution in [0.2, 0.25) is 0 Å². The number of aryl methyl sites for hydroxylation is 1. The Bertz CT molecular complexity index is 751. The van der Waals surface area contributed by atoms with Gasteiger partial charge in [0.15, 0.2) is 5.03 Å². The number of sulfonamides is 1. The predicted octanol–water partition coefficient (Wildman–Crippen LogP) is 1.05. The van der Waals surface area contributed by atoms with Crippen LogP contribution in [0, 0.1) is 6.92 Å². The number of benzene rings is 1. The number of fused-ring (bicyclic) bond motifs is 1. The predicted molar refractivity (Wildman–Crippen MR) is 75.5 cm³/mol. The number of anilines is 1. The maximum atomic E-state index is 12.5. The van der Waals surface area contributed by atoms with Gasteiger partial charge in [0.1, 0.15) is 5.82 Å². The van der Waals surface area contributed by atoms with Crippen molar-refractivity contribution in [2.24, 2.45) is 0 Å². The molecule has 2 heterocycles. The third-order valence-electron chi connectivity index (χ3n) is 3.57. The second-order valence-electron chi connectivity index (χ2n) is 4.91. The van der Waals surface area contributed by atoms with Gasteiger partial charge < -0.3 is 10.7 Å². The number of aromatic amines is 1. The van der Waals surface area contributed by atoms with Crippen molar-refractivity contribution in [2.75, 3.05) is 12.3 Å². The number of nitrogen functional groups attached to an aromatic ring is 1. The minimum absolute atomic E-state index is 0.132. The van der Waals surface area contributed by atoms with E-state index in [4.69, 9.17) is 5.73 Å². The normalized spacial score (nSPS) is 16.1. The van der Waals surface area contributed by atoms with Crippen molar-refractivity contribution in [3.05, 3.63) is 41.3 Å². The Morgan fingerprint density at radius 3 is 2.90 bits per heavy atom. The maximum Gasteiger partial charge on any atom is 0.260 e. The summed E-state index contributed by atoms with van der Waals surface area (Å²) in [4.78, 5) is 6.73. The Morgan fingerprint density at radius 2 is 2.20 bits per heavy atom. The van der Waals surface area contributed by atoms with Crippen molar-refractivity contribution < 1.29 is 8.42 Å². The van der Waals surface area contributed by atoms with Crippen LogP contribution in [0.4, 0.5) is 5.69 Å². The molecular weight excluding hydrogens is 276 g/mol. The maximum absolute atomic E-state index is 12.5. The summed E-state index contributed by atoms with van der Waals surface area (Å²) >= 11 is 0. The van der Waals surface area contributed by atoms with Gasteiger partial charge in [-0.3, -0.25) is 0 Å². The SMILES string of the molecule is Cc1ncc(S(=O)(=O)N2CCc3cccc(N)c3C2)[nH]1. The van der Waals surface area contributed by atoms with Crippen molar-refractivity contribution >= 4 is 15.7 Å². The molecule has 0 spiro atoms. The molecule has 0 aliphatic carbocycles. The van der Waals surface area contributed by atoms with E-state index in [1.807, 2.05) is 12.1 Å². The lowest BCUT2D eigenvalue weighted by Crippen LogP contribution is -2.36. The molecule has 20 heavy (non-hydrogen) atoms. The Morgan fingerprint density at radius 1 is 1.40 bits per heavy atom. The third kappa shape index (κ3) is 2.08. The topological polar surface area (TPSA) is 92.1 Å². The number of rotatable bonds is 2. The fraction of sp³-hybridized carbons (Fsp3) is 0.308. The van der Waals surface area contributed by atoms with Gasteiger partial charge in [-0.1, -0.05) is 12.1 Å². The molecule has 0 fully saturated rings. The molecule has 7 heteroatoms. The fourth-order valence-electron chi connectivity index (χ4n) is 2.46. The number of nitrogens with two attached hydrogens (primary N) is 1. The van der Waals surface area contributed by atoms with Crippen molar-refractivity contribution in [1.29, 1.82) is 0 Å². The first-order valence-corrected chi connectivity index (χ1v) is 7.80. The van der Waals surface area contributed by atoms with Crippen LogP contribution in [0.3, 0.4) is 0 Å². The van der Waals surface area contributed by atoms with E-state index in [9.17, 15) is 8.42 Å². The van der Waals surface area contributed by atoms with Crippen LogP contribution in [0.25, 0.3) is 0 Å². The largest absolute Gasteiger partial charge is 0.398 e. The van der Waals surface area contributed by atoms with E-state index in [0.29, 0.717) is 31.0 Å². The van der Waals surface area contributed by atoms with E-state index >= 15 is 0 Å². The molecule has 1 aromatic heterocycles. The number of nitrogens with zero attached hydrogens (tertiary/aromatic N) is 2. The van der Waals surface area contributed by atoms with Gasteiger partial charge in [-0.15, -0.1) is 0 Å². The zero-order valence-corrected chi connectivity index (χ0v) is 11.9. The highest BCUT2D eigenvalue weighted by molar-refractivity contribution is 7.89. The highest BCUT2D eigenvalue weighted by Gasteiger charge is 2.30. The molecule has 3 rings (SSSR count). The molecule has 0 bridgehead atoms. The summed E-state index contributed by atoms with van der Waals surface area (Å²) in [6.45, 7) is 2.49. The van der Waals surface area contributed by atoms with Crippen molar-refractivity contribution in [2.45, 2.75) is 24.9 Å². The van der Waals surface area contributed by atoms with Crippen LogP contribution in [-0.2, 0) is 23.0 Å². The van der Waals surface area contributed by atoms with Gasteiger partial charge in [0.2, 0.25) is 0 Å². The van der Waals surface area contributed by atoms with E-state index in [1.165, 1.54) is 10.5 Å². The molecule has 0 saturated heterocycles. The molecular formula is C13H16N4O2S. The van der Waals surface area contributed by atoms with E-state index in [0.717, 1.165) is 11.1 Å². The van der Waals surface area contributed by atoms with Crippen molar-refractivity contribution in [1.82, 2.24) is 14.3 Å². The Hall–Kier alpha value is -1.86. The average molecular weight is 292 g/mol. The first-order valence-electron chi connectivity index (χ1n) is 6.36. The molecule has 1 aromatic carbocycles. The van der Waals surface area contributed by atoms with Crippen LogP contribution in [0.5, 0.6) is 0 Å². The summed E-state index contributed by atoms with van der Waals surface area (Å²) in [6.07, 6.45) is 2.03. The molecule has 0 radical (unpaired) electrons. The van der Waals surface area contributed by atoms with Gasteiger partial charge in [-0.05, 0) is 30.5 Å². The summed E-state index contributed by atoms with van der Waals surface area (Å²) in [6, 6.07) is 5.70. The summed E-state index contributed by atoms with van der Waals surface area (Å²) in [5.74, 6) is 0.584. The first-order chi connectivity index (χ1) is 9.48. The number of H-pyrrole nitrogens is 1. The molecule has 0 saturated carbocycles. The molecule has 2 aromatic rings. The van der Waals surface area contributed by atoms with Gasteiger partial charge in [-0.2, -0.15) is 4.31 Å². The van der Waals surface area contributed by atoms with Crippen LogP contribution < -0.4 is 5.73 Å². The smallest absolute Gasteiger partial charge is 0.260 e. The van der Waals surface area contributed by atoms with Crippen LogP contribution in [0.15, 0.2) is 29.4 Å². The van der Waals surface area contributed by atoms with Crippen molar-refractivity contribution in [3.8, 4) is 0 Å². The second-order valence-corrected chi connectivity index (χ2v) is 6.81. The van der Waals surface area contributed by atoms with E-state index in [1.54, 1.807) is 13.0 Å². The molecule has 3 N–H and O–H groups in total. The lowest BCUT2D eigenvalue weighted by Gasteiger charge is -2.28. The first kappa shape index (κ1) is 13.1. The van der Waals surface area contributed by atoms with Gasteiger partial charge in [0.25, 0.3) is 10.0 Å². The molecule has 6 nitrogen and oxygen atoms in total. The molecule has 0 atom stereocenters. The minimum Gasteiger partial charge on any atom is -0.398 e. The lowest BCUT2D eigenvalue weighted by atomic mass is 10.00. The van der Waals surface area contributed by atoms with Gasteiger partial charge in [-0.25, -0.2) is 13.4 Å². The molecule has 0 unspecified atom stereocenters. The minimum atomic E-state index is -3.54. The lowest BCUT2D eigenvalue weighted by molar-refractivity contribution is 0.390. The average Bonchev–Trinajstić information content (AvgIpc) is 2.86. The monoisotopic (exact) mass is 292 g/mol. The van der Waals surface area contributed by atoms with Crippen molar-refractivity contribution in [3.63, 3.8) is 0 Å². The standard InChI is InChI=1S/C13H16N4O2S/c1-9-15-7-13(16-9)20(18,19)17-6-5-10-3-2-4-12(14)11(10)8-17/h2-4,7H,5-6,8,14H2,1H3,(H,15,16). The Balaban J connectivity index is 1.96. The molecule has 1 aliphatic heterocycles. The van der Waals surface area contributed by atoms with E-state index in [-0.39, 0.29) is 5.03 Å². The zero-order chi connectivity index (χ0) is 14.3. The van der Waals surface area contributed by atoms with Crippen LogP contribution in [-0.4, -0.2) is 29.2 Å². The summed E-state index contributed by atoms with van der Waals surface area (Å²) < 4.78 is 26.5. The Kier molecular flexibility index (Phi) is 3.02. The van der Waals surface area contributed by atoms with Crippen LogP contribution in [0.1, 0.15) is 17.0 Å². The number of hydrogen-bond acceptors (Lipinski definition) is 4. The van der Waals surface area contributed by atoms with E-state index < -0.39 is 10.0 Å². The molecule has 0 amide bonds. The van der Waals surface area contributed by atoms with Gasteiger partial charge in [0.05, 0.1) is 6.20 Å².